The third kappa shape index (κ3) is 3.50. The van der Waals surface area contributed by atoms with Crippen molar-refractivity contribution in [2.75, 3.05) is 41.8 Å². The molecule has 3 aliphatic rings. The SMILES string of the molecule is Cc1c(N2CCc3cnc(Nc4ccc5c(c4)CCOC5)nc3C2)cnc2c1NCCO2. The molecule has 3 aliphatic heterocycles. The van der Waals surface area contributed by atoms with Crippen LogP contribution < -0.4 is 20.3 Å². The maximum Gasteiger partial charge on any atom is 0.237 e. The largest absolute Gasteiger partial charge is 0.474 e. The molecule has 0 saturated carbocycles. The van der Waals surface area contributed by atoms with Crippen molar-refractivity contribution in [3.8, 4) is 5.88 Å². The molecule has 0 unspecified atom stereocenters. The average Bonchev–Trinajstić information content (AvgIpc) is 2.84. The summed E-state index contributed by atoms with van der Waals surface area (Å²) in [6, 6.07) is 6.38. The highest BCUT2D eigenvalue weighted by Crippen LogP contribution is 2.36. The average molecular weight is 431 g/mol. The van der Waals surface area contributed by atoms with E-state index < -0.39 is 0 Å². The van der Waals surface area contributed by atoms with Gasteiger partial charge in [0.05, 0.1) is 37.3 Å². The minimum Gasteiger partial charge on any atom is -0.474 e. The zero-order chi connectivity index (χ0) is 21.5. The number of hydrogen-bond donors (Lipinski definition) is 2. The lowest BCUT2D eigenvalue weighted by Crippen LogP contribution is -2.32. The molecular formula is C24H26N6O2. The Bertz CT molecular complexity index is 1180. The van der Waals surface area contributed by atoms with Crippen LogP contribution in [0.3, 0.4) is 0 Å². The molecule has 0 saturated heterocycles. The number of ether oxygens (including phenoxy) is 2. The van der Waals surface area contributed by atoms with Crippen LogP contribution in [0.15, 0.2) is 30.6 Å². The first-order chi connectivity index (χ1) is 15.7. The van der Waals surface area contributed by atoms with Crippen LogP contribution in [0.1, 0.15) is 27.9 Å². The van der Waals surface area contributed by atoms with Gasteiger partial charge < -0.3 is 25.0 Å². The van der Waals surface area contributed by atoms with Crippen LogP contribution in [0.25, 0.3) is 0 Å². The van der Waals surface area contributed by atoms with Gasteiger partial charge >= 0.3 is 0 Å². The summed E-state index contributed by atoms with van der Waals surface area (Å²) < 4.78 is 11.2. The molecule has 164 valence electrons. The summed E-state index contributed by atoms with van der Waals surface area (Å²) in [5.74, 6) is 1.33. The summed E-state index contributed by atoms with van der Waals surface area (Å²) >= 11 is 0. The maximum atomic E-state index is 5.68. The zero-order valence-electron chi connectivity index (χ0n) is 18.1. The van der Waals surface area contributed by atoms with Gasteiger partial charge in [-0.05, 0) is 48.6 Å². The molecule has 0 bridgehead atoms. The molecule has 0 fully saturated rings. The Kier molecular flexibility index (Phi) is 4.79. The second-order valence-electron chi connectivity index (χ2n) is 8.47. The summed E-state index contributed by atoms with van der Waals surface area (Å²) in [5, 5.41) is 6.82. The van der Waals surface area contributed by atoms with Crippen LogP contribution in [0.5, 0.6) is 5.88 Å². The molecule has 0 spiro atoms. The van der Waals surface area contributed by atoms with Gasteiger partial charge in [0.2, 0.25) is 11.8 Å². The Labute approximate surface area is 187 Å². The van der Waals surface area contributed by atoms with E-state index in [2.05, 4.69) is 50.6 Å². The van der Waals surface area contributed by atoms with Crippen molar-refractivity contribution in [2.45, 2.75) is 32.9 Å². The molecule has 0 aliphatic carbocycles. The lowest BCUT2D eigenvalue weighted by Gasteiger charge is -2.32. The molecule has 2 N–H and O–H groups in total. The van der Waals surface area contributed by atoms with Gasteiger partial charge in [0.25, 0.3) is 0 Å². The zero-order valence-corrected chi connectivity index (χ0v) is 18.1. The third-order valence-electron chi connectivity index (χ3n) is 6.44. The van der Waals surface area contributed by atoms with Gasteiger partial charge in [-0.1, -0.05) is 6.07 Å². The Balaban J connectivity index is 1.24. The third-order valence-corrected chi connectivity index (χ3v) is 6.44. The van der Waals surface area contributed by atoms with Gasteiger partial charge in [0.15, 0.2) is 0 Å². The topological polar surface area (TPSA) is 84.4 Å². The summed E-state index contributed by atoms with van der Waals surface area (Å²) in [4.78, 5) is 16.3. The van der Waals surface area contributed by atoms with Crippen LogP contribution in [0, 0.1) is 6.92 Å². The molecular weight excluding hydrogens is 404 g/mol. The molecule has 3 aromatic rings. The van der Waals surface area contributed by atoms with E-state index in [1.54, 1.807) is 0 Å². The van der Waals surface area contributed by atoms with Crippen molar-refractivity contribution < 1.29 is 9.47 Å². The molecule has 6 rings (SSSR count). The van der Waals surface area contributed by atoms with Crippen molar-refractivity contribution in [3.63, 3.8) is 0 Å². The molecule has 0 radical (unpaired) electrons. The van der Waals surface area contributed by atoms with E-state index in [9.17, 15) is 0 Å². The van der Waals surface area contributed by atoms with Gasteiger partial charge in [0.1, 0.15) is 12.3 Å². The Hall–Kier alpha value is -3.39. The fraction of sp³-hybridized carbons (Fsp3) is 0.375. The highest BCUT2D eigenvalue weighted by atomic mass is 16.5. The number of pyridine rings is 1. The summed E-state index contributed by atoms with van der Waals surface area (Å²) in [7, 11) is 0. The minimum atomic E-state index is 0.632. The number of aromatic nitrogens is 3. The molecule has 0 atom stereocenters. The first-order valence-corrected chi connectivity index (χ1v) is 11.2. The quantitative estimate of drug-likeness (QED) is 0.654. The number of nitrogens with one attached hydrogen (secondary N) is 2. The Morgan fingerprint density at radius 1 is 1.06 bits per heavy atom. The summed E-state index contributed by atoms with van der Waals surface area (Å²) in [5.41, 5.74) is 9.17. The second kappa shape index (κ2) is 7.94. The van der Waals surface area contributed by atoms with Crippen molar-refractivity contribution in [3.05, 3.63) is 58.5 Å². The van der Waals surface area contributed by atoms with Gasteiger partial charge in [-0.3, -0.25) is 0 Å². The van der Waals surface area contributed by atoms with Gasteiger partial charge in [-0.2, -0.15) is 0 Å². The van der Waals surface area contributed by atoms with E-state index in [4.69, 9.17) is 14.5 Å². The molecule has 8 nitrogen and oxygen atoms in total. The smallest absolute Gasteiger partial charge is 0.237 e. The number of nitrogens with zero attached hydrogens (tertiary/aromatic N) is 4. The number of anilines is 4. The van der Waals surface area contributed by atoms with E-state index in [1.807, 2.05) is 12.4 Å². The second-order valence-corrected chi connectivity index (χ2v) is 8.47. The number of rotatable bonds is 3. The first-order valence-electron chi connectivity index (χ1n) is 11.2. The number of fused-ring (bicyclic) bond motifs is 3. The van der Waals surface area contributed by atoms with Crippen molar-refractivity contribution >= 4 is 23.0 Å². The molecule has 2 aromatic heterocycles. The van der Waals surface area contributed by atoms with Crippen molar-refractivity contribution in [2.24, 2.45) is 0 Å². The summed E-state index contributed by atoms with van der Waals surface area (Å²) in [6.07, 6.45) is 5.73. The van der Waals surface area contributed by atoms with E-state index in [0.29, 0.717) is 25.0 Å². The van der Waals surface area contributed by atoms with E-state index in [0.717, 1.165) is 61.8 Å². The van der Waals surface area contributed by atoms with Gasteiger partial charge in [0, 0.05) is 30.5 Å². The summed E-state index contributed by atoms with van der Waals surface area (Å²) in [6.45, 7) is 6.70. The fourth-order valence-electron chi connectivity index (χ4n) is 4.67. The molecule has 5 heterocycles. The van der Waals surface area contributed by atoms with Crippen LogP contribution in [-0.4, -0.2) is 41.3 Å². The number of benzene rings is 1. The van der Waals surface area contributed by atoms with Crippen LogP contribution in [-0.2, 0) is 30.7 Å². The lowest BCUT2D eigenvalue weighted by molar-refractivity contribution is 0.111. The molecule has 8 heteroatoms. The van der Waals surface area contributed by atoms with Crippen LogP contribution >= 0.6 is 0 Å². The Morgan fingerprint density at radius 2 is 2.03 bits per heavy atom. The van der Waals surface area contributed by atoms with Crippen molar-refractivity contribution in [1.82, 2.24) is 15.0 Å². The monoisotopic (exact) mass is 430 g/mol. The minimum absolute atomic E-state index is 0.632. The predicted octanol–water partition coefficient (Wildman–Crippen LogP) is 3.36. The highest BCUT2D eigenvalue weighted by Gasteiger charge is 2.24. The predicted molar refractivity (Wildman–Crippen MR) is 123 cm³/mol. The maximum absolute atomic E-state index is 5.68. The molecule has 1 aromatic carbocycles. The number of hydrogen-bond acceptors (Lipinski definition) is 8. The standard InChI is InChI=1S/C24H26N6O2/c1-15-21(12-26-23-22(15)25-6-9-32-23)30-7-4-17-11-27-24(29-20(17)13-30)28-19-3-2-18-14-31-8-5-16(18)10-19/h2-3,10-12,25H,4-9,13-14H2,1H3,(H,27,28,29). The lowest BCUT2D eigenvalue weighted by atomic mass is 10.0. The Morgan fingerprint density at radius 3 is 3.00 bits per heavy atom. The van der Waals surface area contributed by atoms with E-state index in [-0.39, 0.29) is 0 Å². The van der Waals surface area contributed by atoms with Gasteiger partial charge in [-0.25, -0.2) is 15.0 Å². The van der Waals surface area contributed by atoms with E-state index in [1.165, 1.54) is 22.3 Å². The highest BCUT2D eigenvalue weighted by molar-refractivity contribution is 5.70. The molecule has 32 heavy (non-hydrogen) atoms. The van der Waals surface area contributed by atoms with Gasteiger partial charge in [-0.15, -0.1) is 0 Å². The van der Waals surface area contributed by atoms with Crippen LogP contribution in [0.4, 0.5) is 23.0 Å². The molecule has 0 amide bonds. The van der Waals surface area contributed by atoms with E-state index >= 15 is 0 Å². The van der Waals surface area contributed by atoms with Crippen LogP contribution in [0.2, 0.25) is 0 Å². The fourth-order valence-corrected chi connectivity index (χ4v) is 4.67. The normalized spacial score (nSPS) is 16.8. The van der Waals surface area contributed by atoms with Crippen molar-refractivity contribution in [1.29, 1.82) is 0 Å². The first kappa shape index (κ1) is 19.3.